The molecule has 2 heteroatoms. The lowest BCUT2D eigenvalue weighted by Gasteiger charge is -2.18. The van der Waals surface area contributed by atoms with Crippen molar-refractivity contribution in [2.24, 2.45) is 0 Å². The highest BCUT2D eigenvalue weighted by Gasteiger charge is 2.20. The first-order valence-electron chi connectivity index (χ1n) is 17.5. The van der Waals surface area contributed by atoms with Crippen molar-refractivity contribution in [2.75, 3.05) is 0 Å². The Hall–Kier alpha value is -6.77. The van der Waals surface area contributed by atoms with Gasteiger partial charge in [0.2, 0.25) is 0 Å². The van der Waals surface area contributed by atoms with Crippen LogP contribution in [0.2, 0.25) is 0 Å². The molecule has 0 radical (unpaired) electrons. The third kappa shape index (κ3) is 4.20. The lowest BCUT2D eigenvalue weighted by atomic mass is 9.85. The quantitative estimate of drug-likeness (QED) is 0.178. The number of rotatable bonds is 3. The van der Waals surface area contributed by atoms with E-state index in [0.29, 0.717) is 0 Å². The highest BCUT2D eigenvalue weighted by atomic mass is 16.3. The molecule has 236 valence electrons. The molecule has 0 unspecified atom stereocenters. The van der Waals surface area contributed by atoms with Gasteiger partial charge in [0.25, 0.3) is 0 Å². The third-order valence-electron chi connectivity index (χ3n) is 10.6. The number of benzene rings is 9. The van der Waals surface area contributed by atoms with Gasteiger partial charge in [-0.2, -0.15) is 0 Å². The summed E-state index contributed by atoms with van der Waals surface area (Å²) < 4.78 is 6.73. The molecule has 0 bridgehead atoms. The molecule has 0 fully saturated rings. The van der Waals surface area contributed by atoms with Crippen molar-refractivity contribution in [1.82, 2.24) is 4.98 Å². The summed E-state index contributed by atoms with van der Waals surface area (Å²) in [4.78, 5) is 5.18. The second kappa shape index (κ2) is 10.9. The summed E-state index contributed by atoms with van der Waals surface area (Å²) in [5.74, 6) is 0. The maximum atomic E-state index is 6.73. The van der Waals surface area contributed by atoms with Crippen LogP contribution < -0.4 is 0 Å². The molecule has 0 N–H and O–H groups in total. The monoisotopic (exact) mass is 647 g/mol. The second-order valence-corrected chi connectivity index (χ2v) is 13.4. The zero-order valence-electron chi connectivity index (χ0n) is 27.6. The normalized spacial score (nSPS) is 11.9. The predicted molar refractivity (Wildman–Crippen MR) is 215 cm³/mol. The first kappa shape index (κ1) is 28.1. The molecule has 2 heterocycles. The molecule has 0 saturated heterocycles. The van der Waals surface area contributed by atoms with Gasteiger partial charge in [0, 0.05) is 28.1 Å². The minimum atomic E-state index is 0.870. The van der Waals surface area contributed by atoms with Gasteiger partial charge in [0.05, 0.1) is 5.69 Å². The Morgan fingerprint density at radius 1 is 0.373 bits per heavy atom. The Morgan fingerprint density at radius 3 is 1.63 bits per heavy atom. The van der Waals surface area contributed by atoms with Gasteiger partial charge in [-0.3, -0.25) is 4.98 Å². The molecule has 11 aromatic rings. The number of hydrogen-bond donors (Lipinski definition) is 0. The standard InChI is InChI=1S/C49H29NO/c1-2-14-32-28-45-43(26-31(32)13-1)48-36-18-6-4-15-33(36)27-42(49(48)51-45)44-25-24-34(29-50-44)46-38-19-7-9-21-40(38)47(41-22-10-8-20-39(41)46)37-23-11-16-30-12-3-5-17-35(30)37/h1-29H. The minimum absolute atomic E-state index is 0.870. The number of hydrogen-bond acceptors (Lipinski definition) is 2. The smallest absolute Gasteiger partial charge is 0.145 e. The Bertz CT molecular complexity index is 3120. The lowest BCUT2D eigenvalue weighted by molar-refractivity contribution is 0.670. The largest absolute Gasteiger partial charge is 0.455 e. The predicted octanol–water partition coefficient (Wildman–Crippen LogP) is 13.7. The first-order chi connectivity index (χ1) is 25.3. The van der Waals surface area contributed by atoms with Crippen LogP contribution in [-0.2, 0) is 0 Å². The first-order valence-corrected chi connectivity index (χ1v) is 17.5. The van der Waals surface area contributed by atoms with E-state index in [-0.39, 0.29) is 0 Å². The average Bonchev–Trinajstić information content (AvgIpc) is 3.57. The van der Waals surface area contributed by atoms with Gasteiger partial charge in [-0.05, 0) is 94.8 Å². The van der Waals surface area contributed by atoms with Crippen LogP contribution in [0.4, 0.5) is 0 Å². The molecule has 0 aliphatic carbocycles. The molecular formula is C49H29NO. The van der Waals surface area contributed by atoms with Crippen LogP contribution in [0.1, 0.15) is 0 Å². The maximum absolute atomic E-state index is 6.73. The molecule has 9 aromatic carbocycles. The molecule has 0 saturated carbocycles. The molecule has 0 amide bonds. The second-order valence-electron chi connectivity index (χ2n) is 13.4. The molecule has 0 aliphatic heterocycles. The molecular weight excluding hydrogens is 619 g/mol. The van der Waals surface area contributed by atoms with E-state index in [1.165, 1.54) is 70.6 Å². The van der Waals surface area contributed by atoms with Crippen molar-refractivity contribution >= 4 is 75.8 Å². The van der Waals surface area contributed by atoms with E-state index in [1.54, 1.807) is 0 Å². The summed E-state index contributed by atoms with van der Waals surface area (Å²) >= 11 is 0. The van der Waals surface area contributed by atoms with Crippen molar-refractivity contribution in [2.45, 2.75) is 0 Å². The third-order valence-corrected chi connectivity index (χ3v) is 10.6. The lowest BCUT2D eigenvalue weighted by Crippen LogP contribution is -1.92. The van der Waals surface area contributed by atoms with E-state index in [4.69, 9.17) is 9.40 Å². The summed E-state index contributed by atoms with van der Waals surface area (Å²) in [7, 11) is 0. The molecule has 0 atom stereocenters. The van der Waals surface area contributed by atoms with Crippen LogP contribution in [0, 0.1) is 0 Å². The molecule has 0 spiro atoms. The summed E-state index contributed by atoms with van der Waals surface area (Å²) in [6.07, 6.45) is 2.04. The molecule has 0 aliphatic rings. The number of furan rings is 1. The van der Waals surface area contributed by atoms with Crippen molar-refractivity contribution in [1.29, 1.82) is 0 Å². The minimum Gasteiger partial charge on any atom is -0.455 e. The van der Waals surface area contributed by atoms with E-state index in [9.17, 15) is 0 Å². The topological polar surface area (TPSA) is 26.0 Å². The Morgan fingerprint density at radius 2 is 0.941 bits per heavy atom. The highest BCUT2D eigenvalue weighted by Crippen LogP contribution is 2.46. The summed E-state index contributed by atoms with van der Waals surface area (Å²) in [6, 6.07) is 61.0. The van der Waals surface area contributed by atoms with E-state index < -0.39 is 0 Å². The van der Waals surface area contributed by atoms with Crippen LogP contribution in [0.3, 0.4) is 0 Å². The van der Waals surface area contributed by atoms with Gasteiger partial charge in [-0.25, -0.2) is 0 Å². The van der Waals surface area contributed by atoms with Crippen LogP contribution in [0.25, 0.3) is 109 Å². The van der Waals surface area contributed by atoms with Crippen molar-refractivity contribution in [3.63, 3.8) is 0 Å². The molecule has 2 aromatic heterocycles. The van der Waals surface area contributed by atoms with Crippen LogP contribution >= 0.6 is 0 Å². The molecule has 2 nitrogen and oxygen atoms in total. The van der Waals surface area contributed by atoms with Gasteiger partial charge in [0.15, 0.2) is 0 Å². The van der Waals surface area contributed by atoms with Crippen molar-refractivity contribution in [3.05, 3.63) is 176 Å². The summed E-state index contributed by atoms with van der Waals surface area (Å²) in [5, 5.41) is 14.4. The average molecular weight is 648 g/mol. The number of nitrogens with zero attached hydrogens (tertiary/aromatic N) is 1. The maximum Gasteiger partial charge on any atom is 0.145 e. The fourth-order valence-electron chi connectivity index (χ4n) is 8.38. The van der Waals surface area contributed by atoms with E-state index in [2.05, 4.69) is 170 Å². The van der Waals surface area contributed by atoms with E-state index >= 15 is 0 Å². The van der Waals surface area contributed by atoms with Crippen LogP contribution in [-0.4, -0.2) is 4.98 Å². The summed E-state index contributed by atoms with van der Waals surface area (Å²) in [6.45, 7) is 0. The van der Waals surface area contributed by atoms with Crippen molar-refractivity contribution < 1.29 is 4.42 Å². The Balaban J connectivity index is 1.14. The molecule has 51 heavy (non-hydrogen) atoms. The molecule has 11 rings (SSSR count). The van der Waals surface area contributed by atoms with Gasteiger partial charge in [-0.15, -0.1) is 0 Å². The van der Waals surface area contributed by atoms with Gasteiger partial charge < -0.3 is 4.42 Å². The number of aromatic nitrogens is 1. The van der Waals surface area contributed by atoms with Crippen LogP contribution in [0.15, 0.2) is 180 Å². The zero-order chi connectivity index (χ0) is 33.5. The van der Waals surface area contributed by atoms with Gasteiger partial charge in [0.1, 0.15) is 11.2 Å². The van der Waals surface area contributed by atoms with E-state index in [1.807, 2.05) is 6.20 Å². The number of pyridine rings is 1. The van der Waals surface area contributed by atoms with Gasteiger partial charge >= 0.3 is 0 Å². The Labute approximate surface area is 293 Å². The summed E-state index contributed by atoms with van der Waals surface area (Å²) in [5.41, 5.74) is 8.45. The van der Waals surface area contributed by atoms with Crippen LogP contribution in [0.5, 0.6) is 0 Å². The zero-order valence-corrected chi connectivity index (χ0v) is 27.6. The van der Waals surface area contributed by atoms with Gasteiger partial charge in [-0.1, -0.05) is 146 Å². The highest BCUT2D eigenvalue weighted by molar-refractivity contribution is 6.25. The fourth-order valence-corrected chi connectivity index (χ4v) is 8.38. The SMILES string of the molecule is c1ccc2cc3c(cc2c1)oc1c(-c2ccc(-c4c5ccccc5c(-c5cccc6ccccc56)c5ccccc45)cn2)cc2ccccc2c13. The van der Waals surface area contributed by atoms with E-state index in [0.717, 1.165) is 38.8 Å². The Kier molecular flexibility index (Phi) is 5.99. The van der Waals surface area contributed by atoms with Crippen molar-refractivity contribution in [3.8, 4) is 33.5 Å². The number of fused-ring (bicyclic) bond motifs is 9. The fraction of sp³-hybridized carbons (Fsp3) is 0.